The highest BCUT2D eigenvalue weighted by Gasteiger charge is 2.23. The molecule has 0 aromatic heterocycles. The van der Waals surface area contributed by atoms with Crippen LogP contribution < -0.4 is 5.32 Å². The van der Waals surface area contributed by atoms with E-state index in [-0.39, 0.29) is 0 Å². The van der Waals surface area contributed by atoms with E-state index in [2.05, 4.69) is 10.2 Å². The number of rotatable bonds is 6. The van der Waals surface area contributed by atoms with Crippen LogP contribution in [0.3, 0.4) is 0 Å². The summed E-state index contributed by atoms with van der Waals surface area (Å²) in [5.74, 6) is -1.01. The van der Waals surface area contributed by atoms with Gasteiger partial charge in [-0.05, 0) is 66.1 Å². The maximum Gasteiger partial charge on any atom is 0.408 e. The fourth-order valence-corrected chi connectivity index (χ4v) is 2.41. The number of likely N-dealkylation sites (tertiary alicyclic amines) is 1. The molecule has 1 rings (SSSR count). The highest BCUT2D eigenvalue weighted by atomic mass is 16.6. The Hall–Kier alpha value is -1.30. The Labute approximate surface area is 126 Å². The first-order valence-corrected chi connectivity index (χ1v) is 7.72. The lowest BCUT2D eigenvalue weighted by molar-refractivity contribution is -0.139. The molecule has 0 saturated carbocycles. The molecule has 2 N–H and O–H groups in total. The van der Waals surface area contributed by atoms with Crippen molar-refractivity contribution in [3.05, 3.63) is 0 Å². The van der Waals surface area contributed by atoms with Gasteiger partial charge < -0.3 is 20.1 Å². The first-order valence-electron chi connectivity index (χ1n) is 7.72. The first-order chi connectivity index (χ1) is 9.78. The van der Waals surface area contributed by atoms with Crippen molar-refractivity contribution in [2.75, 3.05) is 19.6 Å². The Balaban J connectivity index is 2.32. The lowest BCUT2D eigenvalue weighted by atomic mass is 10.1. The molecule has 1 amide bonds. The summed E-state index contributed by atoms with van der Waals surface area (Å²) in [5.41, 5.74) is -0.624. The van der Waals surface area contributed by atoms with Crippen LogP contribution in [0.15, 0.2) is 0 Å². The third-order valence-corrected chi connectivity index (χ3v) is 3.40. The molecule has 0 bridgehead atoms. The number of carboxylic acids is 1. The van der Waals surface area contributed by atoms with E-state index >= 15 is 0 Å². The van der Waals surface area contributed by atoms with E-state index in [1.165, 1.54) is 19.3 Å². The number of carbonyl (C=O) groups excluding carboxylic acids is 1. The molecule has 1 saturated heterocycles. The molecule has 1 aliphatic rings. The van der Waals surface area contributed by atoms with E-state index in [1.807, 2.05) is 0 Å². The van der Waals surface area contributed by atoms with Gasteiger partial charge in [-0.15, -0.1) is 0 Å². The van der Waals surface area contributed by atoms with Crippen LogP contribution in [0.2, 0.25) is 0 Å². The van der Waals surface area contributed by atoms with Crippen molar-refractivity contribution < 1.29 is 19.4 Å². The zero-order valence-corrected chi connectivity index (χ0v) is 13.4. The summed E-state index contributed by atoms with van der Waals surface area (Å²) < 4.78 is 5.09. The summed E-state index contributed by atoms with van der Waals surface area (Å²) >= 11 is 0. The Bertz CT molecular complexity index is 346. The van der Waals surface area contributed by atoms with Gasteiger partial charge in [-0.25, -0.2) is 9.59 Å². The summed E-state index contributed by atoms with van der Waals surface area (Å²) in [6.07, 6.45) is 4.23. The predicted molar refractivity (Wildman–Crippen MR) is 80.3 cm³/mol. The van der Waals surface area contributed by atoms with Crippen LogP contribution >= 0.6 is 0 Å². The number of aliphatic carboxylic acids is 1. The number of piperidine rings is 1. The third-order valence-electron chi connectivity index (χ3n) is 3.40. The van der Waals surface area contributed by atoms with Gasteiger partial charge in [0.2, 0.25) is 0 Å². The van der Waals surface area contributed by atoms with Gasteiger partial charge in [-0.1, -0.05) is 6.42 Å². The van der Waals surface area contributed by atoms with Crippen LogP contribution in [0.4, 0.5) is 4.79 Å². The molecule has 21 heavy (non-hydrogen) atoms. The third kappa shape index (κ3) is 7.90. The quantitative estimate of drug-likeness (QED) is 0.786. The second kappa shape index (κ2) is 8.22. The average Bonchev–Trinajstić information content (AvgIpc) is 2.36. The maximum atomic E-state index is 11.6. The molecule has 0 aromatic carbocycles. The maximum absolute atomic E-state index is 11.6. The molecule has 1 heterocycles. The van der Waals surface area contributed by atoms with E-state index in [4.69, 9.17) is 4.74 Å². The number of hydrogen-bond acceptors (Lipinski definition) is 4. The lowest BCUT2D eigenvalue weighted by Crippen LogP contribution is -2.44. The zero-order valence-electron chi connectivity index (χ0n) is 13.4. The van der Waals surface area contributed by atoms with Gasteiger partial charge in [0.25, 0.3) is 0 Å². The van der Waals surface area contributed by atoms with Crippen LogP contribution in [0.1, 0.15) is 52.9 Å². The van der Waals surface area contributed by atoms with E-state index in [0.29, 0.717) is 6.42 Å². The number of nitrogens with zero attached hydrogens (tertiary/aromatic N) is 1. The molecular formula is C15H28N2O4. The number of alkyl carbamates (subject to hydrolysis) is 1. The molecule has 1 atom stereocenters. The number of hydrogen-bond donors (Lipinski definition) is 2. The highest BCUT2D eigenvalue weighted by molar-refractivity contribution is 5.79. The largest absolute Gasteiger partial charge is 0.480 e. The van der Waals surface area contributed by atoms with Crippen molar-refractivity contribution in [2.45, 2.75) is 64.5 Å². The minimum Gasteiger partial charge on any atom is -0.480 e. The lowest BCUT2D eigenvalue weighted by Gasteiger charge is -2.27. The van der Waals surface area contributed by atoms with Crippen molar-refractivity contribution in [1.82, 2.24) is 10.2 Å². The number of carboxylic acid groups (broad SMARTS) is 1. The predicted octanol–water partition coefficient (Wildman–Crippen LogP) is 2.23. The molecule has 1 fully saturated rings. The minimum atomic E-state index is -1.01. The van der Waals surface area contributed by atoms with Gasteiger partial charge in [0.05, 0.1) is 0 Å². The topological polar surface area (TPSA) is 78.9 Å². The molecule has 0 aromatic rings. The zero-order chi connectivity index (χ0) is 15.9. The van der Waals surface area contributed by atoms with Crippen molar-refractivity contribution >= 4 is 12.1 Å². The van der Waals surface area contributed by atoms with Gasteiger partial charge in [-0.2, -0.15) is 0 Å². The van der Waals surface area contributed by atoms with Gasteiger partial charge in [0, 0.05) is 0 Å². The molecule has 6 heteroatoms. The van der Waals surface area contributed by atoms with Crippen LogP contribution in [-0.4, -0.2) is 53.3 Å². The van der Waals surface area contributed by atoms with Gasteiger partial charge in [0.1, 0.15) is 11.6 Å². The summed E-state index contributed by atoms with van der Waals surface area (Å²) in [6.45, 7) is 8.32. The van der Waals surface area contributed by atoms with Crippen LogP contribution in [0.5, 0.6) is 0 Å². The summed E-state index contributed by atoms with van der Waals surface area (Å²) in [6, 6.07) is -0.885. The highest BCUT2D eigenvalue weighted by Crippen LogP contribution is 2.11. The number of amides is 1. The standard InChI is InChI=1S/C15H28N2O4/c1-15(2,3)21-14(20)16-12(13(18)19)8-7-11-17-9-5-4-6-10-17/h12H,4-11H2,1-3H3,(H,16,20)(H,18,19)/t12-/m0/s1. The van der Waals surface area contributed by atoms with E-state index in [9.17, 15) is 14.7 Å². The molecule has 0 spiro atoms. The van der Waals surface area contributed by atoms with E-state index < -0.39 is 23.7 Å². The van der Waals surface area contributed by atoms with Crippen LogP contribution in [0, 0.1) is 0 Å². The Morgan fingerprint density at radius 2 is 1.86 bits per heavy atom. The Kier molecular flexibility index (Phi) is 6.95. The molecule has 122 valence electrons. The minimum absolute atomic E-state index is 0.422. The molecule has 0 aliphatic carbocycles. The smallest absolute Gasteiger partial charge is 0.408 e. The number of carbonyl (C=O) groups is 2. The fourth-order valence-electron chi connectivity index (χ4n) is 2.41. The van der Waals surface area contributed by atoms with Crippen molar-refractivity contribution in [1.29, 1.82) is 0 Å². The first kappa shape index (κ1) is 17.8. The van der Waals surface area contributed by atoms with Crippen molar-refractivity contribution in [2.24, 2.45) is 0 Å². The van der Waals surface area contributed by atoms with Crippen molar-refractivity contribution in [3.8, 4) is 0 Å². The molecule has 1 aliphatic heterocycles. The van der Waals surface area contributed by atoms with Crippen LogP contribution in [-0.2, 0) is 9.53 Å². The second-order valence-corrected chi connectivity index (χ2v) is 6.58. The molecule has 0 radical (unpaired) electrons. The molecular weight excluding hydrogens is 272 g/mol. The van der Waals surface area contributed by atoms with Crippen molar-refractivity contribution in [3.63, 3.8) is 0 Å². The molecule has 0 unspecified atom stereocenters. The van der Waals surface area contributed by atoms with Gasteiger partial charge in [0.15, 0.2) is 0 Å². The second-order valence-electron chi connectivity index (χ2n) is 6.58. The summed E-state index contributed by atoms with van der Waals surface area (Å²) in [5, 5.41) is 11.6. The van der Waals surface area contributed by atoms with Crippen LogP contribution in [0.25, 0.3) is 0 Å². The number of ether oxygens (including phenoxy) is 1. The summed E-state index contributed by atoms with van der Waals surface area (Å²) in [4.78, 5) is 25.2. The monoisotopic (exact) mass is 300 g/mol. The SMILES string of the molecule is CC(C)(C)OC(=O)N[C@@H](CCCN1CCCCC1)C(=O)O. The average molecular weight is 300 g/mol. The Morgan fingerprint density at radius 3 is 2.38 bits per heavy atom. The van der Waals surface area contributed by atoms with E-state index in [0.717, 1.165) is 26.1 Å². The summed E-state index contributed by atoms with van der Waals surface area (Å²) in [7, 11) is 0. The van der Waals surface area contributed by atoms with E-state index in [1.54, 1.807) is 20.8 Å². The Morgan fingerprint density at radius 1 is 1.24 bits per heavy atom. The molecule has 6 nitrogen and oxygen atoms in total. The number of nitrogens with one attached hydrogen (secondary N) is 1. The fraction of sp³-hybridized carbons (Fsp3) is 0.867. The van der Waals surface area contributed by atoms with Gasteiger partial charge in [-0.3, -0.25) is 0 Å². The normalized spacial score (nSPS) is 18.0. The van der Waals surface area contributed by atoms with Gasteiger partial charge >= 0.3 is 12.1 Å².